The van der Waals surface area contributed by atoms with Crippen LogP contribution >= 0.6 is 12.0 Å². The molecule has 0 radical (unpaired) electrons. The Hall–Kier alpha value is -0.440. The first-order valence-electron chi connectivity index (χ1n) is 3.15. The Morgan fingerprint density at radius 1 is 1.70 bits per heavy atom. The summed E-state index contributed by atoms with van der Waals surface area (Å²) in [5, 5.41) is 0. The maximum Gasteiger partial charge on any atom is 0.345 e. The van der Waals surface area contributed by atoms with Gasteiger partial charge in [-0.3, -0.25) is 0 Å². The molecule has 0 amide bonds. The average Bonchev–Trinajstić information content (AvgIpc) is 1.89. The maximum absolute atomic E-state index is 10.8. The highest BCUT2D eigenvalue weighted by molar-refractivity contribution is 7.94. The van der Waals surface area contributed by atoms with Crippen LogP contribution in [0.3, 0.4) is 0 Å². The molecule has 0 aliphatic heterocycles. The molecule has 0 spiro atoms. The van der Waals surface area contributed by atoms with Crippen LogP contribution in [0.5, 0.6) is 0 Å². The summed E-state index contributed by atoms with van der Waals surface area (Å²) in [5.41, 5.74) is 0.553. The summed E-state index contributed by atoms with van der Waals surface area (Å²) in [6, 6.07) is 0. The molecule has 0 N–H and O–H groups in total. The highest BCUT2D eigenvalue weighted by Gasteiger charge is 2.05. The SMILES string of the molecule is C=C(CCC)C(=O)OSC. The third-order valence-corrected chi connectivity index (χ3v) is 1.32. The van der Waals surface area contributed by atoms with E-state index >= 15 is 0 Å². The molecule has 0 bridgehead atoms. The van der Waals surface area contributed by atoms with E-state index in [1.165, 1.54) is 0 Å². The van der Waals surface area contributed by atoms with Crippen molar-refractivity contribution in [3.63, 3.8) is 0 Å². The van der Waals surface area contributed by atoms with Crippen molar-refractivity contribution in [3.05, 3.63) is 12.2 Å². The van der Waals surface area contributed by atoms with Crippen LogP contribution < -0.4 is 0 Å². The molecule has 0 rings (SSSR count). The third-order valence-electron chi connectivity index (χ3n) is 0.999. The van der Waals surface area contributed by atoms with E-state index in [-0.39, 0.29) is 5.97 Å². The molecule has 10 heavy (non-hydrogen) atoms. The summed E-state index contributed by atoms with van der Waals surface area (Å²) in [4.78, 5) is 10.8. The van der Waals surface area contributed by atoms with E-state index in [0.717, 1.165) is 24.9 Å². The Bertz CT molecular complexity index is 116. The highest BCUT2D eigenvalue weighted by atomic mass is 32.2. The molecule has 58 valence electrons. The van der Waals surface area contributed by atoms with Crippen LogP contribution in [0.15, 0.2) is 12.2 Å². The fourth-order valence-electron chi connectivity index (χ4n) is 0.538. The van der Waals surface area contributed by atoms with Gasteiger partial charge in [0.1, 0.15) is 0 Å². The van der Waals surface area contributed by atoms with Crippen molar-refractivity contribution >= 4 is 18.0 Å². The van der Waals surface area contributed by atoms with Gasteiger partial charge < -0.3 is 4.18 Å². The molecule has 0 aliphatic rings. The molecule has 0 unspecified atom stereocenters. The van der Waals surface area contributed by atoms with Gasteiger partial charge in [0, 0.05) is 11.8 Å². The predicted molar refractivity (Wildman–Crippen MR) is 43.7 cm³/mol. The van der Waals surface area contributed by atoms with Gasteiger partial charge in [-0.15, -0.1) is 0 Å². The molecule has 3 heteroatoms. The second-order valence-electron chi connectivity index (χ2n) is 1.89. The van der Waals surface area contributed by atoms with Crippen LogP contribution in [0.25, 0.3) is 0 Å². The van der Waals surface area contributed by atoms with Crippen molar-refractivity contribution in [2.45, 2.75) is 19.8 Å². The first kappa shape index (κ1) is 9.56. The minimum atomic E-state index is -0.297. The van der Waals surface area contributed by atoms with Gasteiger partial charge in [0.25, 0.3) is 0 Å². The molecule has 0 aromatic rings. The lowest BCUT2D eigenvalue weighted by Gasteiger charge is -2.00. The van der Waals surface area contributed by atoms with Crippen molar-refractivity contribution in [1.29, 1.82) is 0 Å². The summed E-state index contributed by atoms with van der Waals surface area (Å²) in [5.74, 6) is -0.297. The van der Waals surface area contributed by atoms with E-state index in [2.05, 4.69) is 10.8 Å². The number of carbonyl (C=O) groups is 1. The summed E-state index contributed by atoms with van der Waals surface area (Å²) >= 11 is 1.05. The Morgan fingerprint density at radius 2 is 2.30 bits per heavy atom. The Kier molecular flexibility index (Phi) is 5.12. The van der Waals surface area contributed by atoms with Gasteiger partial charge in [-0.05, 0) is 6.42 Å². The lowest BCUT2D eigenvalue weighted by molar-refractivity contribution is -0.128. The molecule has 0 saturated heterocycles. The molecule has 0 aromatic carbocycles. The second-order valence-corrected chi connectivity index (χ2v) is 2.39. The monoisotopic (exact) mass is 160 g/mol. The molecular formula is C7H12O2S. The van der Waals surface area contributed by atoms with E-state index in [1.807, 2.05) is 6.92 Å². The van der Waals surface area contributed by atoms with E-state index < -0.39 is 0 Å². The van der Waals surface area contributed by atoms with Crippen LogP contribution in [0.1, 0.15) is 19.8 Å². The molecule has 0 atom stereocenters. The zero-order valence-corrected chi connectivity index (χ0v) is 7.16. The van der Waals surface area contributed by atoms with Crippen LogP contribution in [-0.2, 0) is 8.98 Å². The third kappa shape index (κ3) is 3.56. The first-order chi connectivity index (χ1) is 4.72. The standard InChI is InChI=1S/C7H12O2S/c1-4-5-6(2)7(8)9-10-3/h2,4-5H2,1,3H3. The van der Waals surface area contributed by atoms with Gasteiger partial charge in [0.05, 0.1) is 12.0 Å². The molecule has 0 aliphatic carbocycles. The number of hydrogen-bond acceptors (Lipinski definition) is 3. The van der Waals surface area contributed by atoms with Gasteiger partial charge in [0.15, 0.2) is 0 Å². The zero-order chi connectivity index (χ0) is 7.98. The van der Waals surface area contributed by atoms with E-state index in [1.54, 1.807) is 6.26 Å². The Balaban J connectivity index is 3.60. The van der Waals surface area contributed by atoms with Crippen molar-refractivity contribution in [1.82, 2.24) is 0 Å². The molecule has 0 saturated carbocycles. The molecule has 2 nitrogen and oxygen atoms in total. The second kappa shape index (κ2) is 5.35. The van der Waals surface area contributed by atoms with Crippen LogP contribution in [0, 0.1) is 0 Å². The average molecular weight is 160 g/mol. The van der Waals surface area contributed by atoms with Gasteiger partial charge >= 0.3 is 5.97 Å². The van der Waals surface area contributed by atoms with E-state index in [0.29, 0.717) is 5.57 Å². The van der Waals surface area contributed by atoms with Gasteiger partial charge in [-0.1, -0.05) is 19.9 Å². The van der Waals surface area contributed by atoms with Crippen molar-refractivity contribution in [3.8, 4) is 0 Å². The minimum Gasteiger partial charge on any atom is -0.388 e. The summed E-state index contributed by atoms with van der Waals surface area (Å²) < 4.78 is 4.63. The van der Waals surface area contributed by atoms with Crippen molar-refractivity contribution in [2.75, 3.05) is 6.26 Å². The lowest BCUT2D eigenvalue weighted by atomic mass is 10.2. The summed E-state index contributed by atoms with van der Waals surface area (Å²) in [7, 11) is 0. The predicted octanol–water partition coefficient (Wildman–Crippen LogP) is 2.16. The van der Waals surface area contributed by atoms with Crippen LogP contribution in [0.2, 0.25) is 0 Å². The molecule has 0 aromatic heterocycles. The van der Waals surface area contributed by atoms with Crippen molar-refractivity contribution < 1.29 is 8.98 Å². The van der Waals surface area contributed by atoms with Crippen LogP contribution in [0.4, 0.5) is 0 Å². The fraction of sp³-hybridized carbons (Fsp3) is 0.571. The van der Waals surface area contributed by atoms with Gasteiger partial charge in [0.2, 0.25) is 0 Å². The fourth-order valence-corrected chi connectivity index (χ4v) is 0.808. The maximum atomic E-state index is 10.8. The normalized spacial score (nSPS) is 9.00. The first-order valence-corrected chi connectivity index (χ1v) is 4.30. The number of hydrogen-bond donors (Lipinski definition) is 0. The smallest absolute Gasteiger partial charge is 0.345 e. The molecule has 0 heterocycles. The van der Waals surface area contributed by atoms with Crippen LogP contribution in [-0.4, -0.2) is 12.2 Å². The highest BCUT2D eigenvalue weighted by Crippen LogP contribution is 2.07. The summed E-state index contributed by atoms with van der Waals surface area (Å²) in [6.07, 6.45) is 3.36. The van der Waals surface area contributed by atoms with E-state index in [9.17, 15) is 4.79 Å². The van der Waals surface area contributed by atoms with E-state index in [4.69, 9.17) is 0 Å². The Labute approximate surface area is 65.8 Å². The summed E-state index contributed by atoms with van der Waals surface area (Å²) in [6.45, 7) is 5.57. The van der Waals surface area contributed by atoms with Gasteiger partial charge in [-0.25, -0.2) is 4.79 Å². The van der Waals surface area contributed by atoms with Crippen molar-refractivity contribution in [2.24, 2.45) is 0 Å². The minimum absolute atomic E-state index is 0.297. The largest absolute Gasteiger partial charge is 0.388 e. The quantitative estimate of drug-likeness (QED) is 0.465. The van der Waals surface area contributed by atoms with Gasteiger partial charge in [-0.2, -0.15) is 0 Å². The number of carbonyl (C=O) groups excluding carboxylic acids is 1. The Morgan fingerprint density at radius 3 is 2.70 bits per heavy atom. The molecular weight excluding hydrogens is 148 g/mol. The topological polar surface area (TPSA) is 26.3 Å². The molecule has 0 fully saturated rings. The zero-order valence-electron chi connectivity index (χ0n) is 6.35. The lowest BCUT2D eigenvalue weighted by Crippen LogP contribution is -2.01. The number of rotatable bonds is 4.